The van der Waals surface area contributed by atoms with Crippen molar-refractivity contribution < 1.29 is 24.1 Å². The first-order valence-corrected chi connectivity index (χ1v) is 9.84. The number of carboxylic acid groups (broad SMARTS) is 1. The second-order valence-corrected chi connectivity index (χ2v) is 7.69. The number of hydrogen-bond acceptors (Lipinski definition) is 4. The highest BCUT2D eigenvalue weighted by molar-refractivity contribution is 7.39. The highest BCUT2D eigenvalue weighted by Crippen LogP contribution is 2.32. The molecule has 2 unspecified atom stereocenters. The van der Waals surface area contributed by atoms with E-state index in [1.54, 1.807) is 18.2 Å². The van der Waals surface area contributed by atoms with Crippen LogP contribution in [0.2, 0.25) is 0 Å². The fourth-order valence-corrected chi connectivity index (χ4v) is 4.02. The third-order valence-corrected chi connectivity index (χ3v) is 5.70. The van der Waals surface area contributed by atoms with E-state index < -0.39 is 14.0 Å². The van der Waals surface area contributed by atoms with Crippen molar-refractivity contribution in [2.45, 2.75) is 50.4 Å². The van der Waals surface area contributed by atoms with Crippen molar-refractivity contribution in [3.8, 4) is 0 Å². The maximum absolute atomic E-state index is 11.6. The second-order valence-electron chi connectivity index (χ2n) is 6.27. The quantitative estimate of drug-likeness (QED) is 0.620. The fraction of sp³-hybridized carbons (Fsp3) is 0.588. The molecule has 1 heterocycles. The molecule has 0 aromatic heterocycles. The summed E-state index contributed by atoms with van der Waals surface area (Å²) in [4.78, 5) is 20.6. The zero-order chi connectivity index (χ0) is 17.5. The molecule has 1 saturated heterocycles. The van der Waals surface area contributed by atoms with Gasteiger partial charge in [0.25, 0.3) is 0 Å². The van der Waals surface area contributed by atoms with Gasteiger partial charge in [0.05, 0.1) is 23.9 Å². The molecule has 2 rings (SSSR count). The summed E-state index contributed by atoms with van der Waals surface area (Å²) in [5, 5.41) is 12.4. The fourth-order valence-electron chi connectivity index (χ4n) is 3.04. The minimum Gasteiger partial charge on any atom is -0.478 e. The zero-order valence-corrected chi connectivity index (χ0v) is 14.9. The molecule has 24 heavy (non-hydrogen) atoms. The lowest BCUT2D eigenvalue weighted by Gasteiger charge is -2.34. The molecule has 0 aliphatic carbocycles. The van der Waals surface area contributed by atoms with Crippen molar-refractivity contribution in [3.05, 3.63) is 35.4 Å². The molecule has 0 bridgehead atoms. The van der Waals surface area contributed by atoms with Gasteiger partial charge in [0.2, 0.25) is 0 Å². The topological polar surface area (TPSA) is 95.9 Å². The van der Waals surface area contributed by atoms with Crippen LogP contribution in [0, 0.1) is 0 Å². The number of carbonyl (C=O) groups is 1. The summed E-state index contributed by atoms with van der Waals surface area (Å²) in [6, 6.07) is 6.97. The molecule has 0 amide bonds. The van der Waals surface area contributed by atoms with Gasteiger partial charge in [0, 0.05) is 12.6 Å². The molecule has 4 atom stereocenters. The number of aromatic carboxylic acids is 1. The lowest BCUT2D eigenvalue weighted by Crippen LogP contribution is -2.50. The zero-order valence-electron chi connectivity index (χ0n) is 13.9. The Hall–Kier alpha value is -1.20. The lowest BCUT2D eigenvalue weighted by molar-refractivity contribution is -0.0000402. The van der Waals surface area contributed by atoms with Crippen LogP contribution in [0.5, 0.6) is 0 Å². The molecule has 1 aromatic carbocycles. The van der Waals surface area contributed by atoms with Crippen LogP contribution in [0.25, 0.3) is 0 Å². The number of unbranched alkanes of at least 4 members (excludes halogenated alkanes) is 1. The van der Waals surface area contributed by atoms with Gasteiger partial charge in [0.15, 0.2) is 8.03 Å². The summed E-state index contributed by atoms with van der Waals surface area (Å²) < 4.78 is 17.4. The van der Waals surface area contributed by atoms with E-state index in [9.17, 15) is 14.3 Å². The lowest BCUT2D eigenvalue weighted by atomic mass is 10.0. The molecular weight excluding hydrogens is 329 g/mol. The summed E-state index contributed by atoms with van der Waals surface area (Å²) in [6.07, 6.45) is 3.07. The maximum Gasteiger partial charge on any atom is 0.335 e. The molecule has 0 saturated carbocycles. The van der Waals surface area contributed by atoms with Gasteiger partial charge in [-0.05, 0) is 30.5 Å². The summed E-state index contributed by atoms with van der Waals surface area (Å²) >= 11 is 0. The number of ether oxygens (including phenoxy) is 1. The van der Waals surface area contributed by atoms with E-state index in [1.807, 2.05) is 6.07 Å². The normalized spacial score (nSPS) is 23.6. The van der Waals surface area contributed by atoms with Crippen molar-refractivity contribution in [2.24, 2.45) is 0 Å². The van der Waals surface area contributed by atoms with E-state index in [1.165, 1.54) is 0 Å². The standard InChI is InChI=1S/C17H26NO5P/c1-2-3-7-16(24(21)22)15-10-18-14(11-23-15)9-12-5-4-6-13(8-12)17(19)20/h4-6,8,14-16,18,24H,2-3,7,9-11H2,1H3,(H,19,20)(H,21,22)/t14-,15+,16?/m1/s1. The van der Waals surface area contributed by atoms with Gasteiger partial charge in [0.1, 0.15) is 0 Å². The van der Waals surface area contributed by atoms with Gasteiger partial charge < -0.3 is 20.1 Å². The van der Waals surface area contributed by atoms with Crippen molar-refractivity contribution in [3.63, 3.8) is 0 Å². The minimum absolute atomic E-state index is 0.0816. The molecule has 1 aliphatic heterocycles. The predicted octanol–water partition coefficient (Wildman–Crippen LogP) is 2.31. The van der Waals surface area contributed by atoms with Crippen molar-refractivity contribution in [1.29, 1.82) is 0 Å². The summed E-state index contributed by atoms with van der Waals surface area (Å²) in [5.41, 5.74) is 0.923. The van der Waals surface area contributed by atoms with E-state index in [0.29, 0.717) is 26.0 Å². The molecular formula is C17H26NO5P. The van der Waals surface area contributed by atoms with Crippen LogP contribution in [0.4, 0.5) is 0 Å². The highest BCUT2D eigenvalue weighted by atomic mass is 31.1. The highest BCUT2D eigenvalue weighted by Gasteiger charge is 2.30. The number of carboxylic acids is 1. The number of morpholine rings is 1. The van der Waals surface area contributed by atoms with Crippen LogP contribution < -0.4 is 5.32 Å². The molecule has 134 valence electrons. The predicted molar refractivity (Wildman–Crippen MR) is 93.2 cm³/mol. The molecule has 0 radical (unpaired) electrons. The average Bonchev–Trinajstić information content (AvgIpc) is 2.56. The van der Waals surface area contributed by atoms with E-state index in [0.717, 1.165) is 18.4 Å². The molecule has 3 N–H and O–H groups in total. The first-order chi connectivity index (χ1) is 11.5. The van der Waals surface area contributed by atoms with Gasteiger partial charge >= 0.3 is 5.97 Å². The first-order valence-electron chi connectivity index (χ1n) is 8.41. The van der Waals surface area contributed by atoms with Crippen molar-refractivity contribution >= 4 is 14.0 Å². The Bertz CT molecular complexity index is 572. The van der Waals surface area contributed by atoms with Gasteiger partial charge in [-0.25, -0.2) is 4.79 Å². The Labute approximate surface area is 143 Å². The van der Waals surface area contributed by atoms with Crippen LogP contribution in [0.1, 0.15) is 42.1 Å². The molecule has 1 aliphatic rings. The SMILES string of the molecule is CCCCC([C@@H]1CN[C@H](Cc2cccc(C(=O)O)c2)CO1)[PH](=O)O. The summed E-state index contributed by atoms with van der Waals surface area (Å²) in [7, 11) is -2.62. The van der Waals surface area contributed by atoms with Gasteiger partial charge in [-0.3, -0.25) is 4.57 Å². The molecule has 0 spiro atoms. The third kappa shape index (κ3) is 5.42. The number of hydrogen-bond donors (Lipinski definition) is 3. The minimum atomic E-state index is -2.62. The molecule has 1 fully saturated rings. The van der Waals surface area contributed by atoms with Gasteiger partial charge in [-0.2, -0.15) is 0 Å². The maximum atomic E-state index is 11.6. The van der Waals surface area contributed by atoms with E-state index in [4.69, 9.17) is 9.84 Å². The summed E-state index contributed by atoms with van der Waals surface area (Å²) in [5.74, 6) is -0.934. The Balaban J connectivity index is 1.89. The largest absolute Gasteiger partial charge is 0.478 e. The van der Waals surface area contributed by atoms with Crippen LogP contribution in [0.15, 0.2) is 24.3 Å². The van der Waals surface area contributed by atoms with Crippen LogP contribution >= 0.6 is 8.03 Å². The molecule has 6 nitrogen and oxygen atoms in total. The van der Waals surface area contributed by atoms with E-state index >= 15 is 0 Å². The van der Waals surface area contributed by atoms with Gasteiger partial charge in [-0.1, -0.05) is 31.9 Å². The smallest absolute Gasteiger partial charge is 0.335 e. The first kappa shape index (κ1) is 19.1. The second kappa shape index (κ2) is 9.33. The monoisotopic (exact) mass is 355 g/mol. The van der Waals surface area contributed by atoms with E-state index in [2.05, 4.69) is 12.2 Å². The summed E-state index contributed by atoms with van der Waals surface area (Å²) in [6.45, 7) is 3.07. The van der Waals surface area contributed by atoms with Crippen molar-refractivity contribution in [2.75, 3.05) is 13.2 Å². The third-order valence-electron chi connectivity index (χ3n) is 4.41. The number of nitrogens with one attached hydrogen (secondary N) is 1. The van der Waals surface area contributed by atoms with E-state index in [-0.39, 0.29) is 23.4 Å². The Morgan fingerprint density at radius 1 is 1.50 bits per heavy atom. The molecule has 1 aromatic rings. The Kier molecular flexibility index (Phi) is 7.43. The Morgan fingerprint density at radius 2 is 2.29 bits per heavy atom. The molecule has 7 heteroatoms. The van der Waals surface area contributed by atoms with Crippen molar-refractivity contribution in [1.82, 2.24) is 5.32 Å². The van der Waals surface area contributed by atoms with Crippen LogP contribution in [-0.4, -0.2) is 46.9 Å². The van der Waals surface area contributed by atoms with Gasteiger partial charge in [-0.15, -0.1) is 0 Å². The van der Waals surface area contributed by atoms with Crippen LogP contribution in [0.3, 0.4) is 0 Å². The number of benzene rings is 1. The average molecular weight is 355 g/mol. The number of rotatable bonds is 8. The Morgan fingerprint density at radius 3 is 2.88 bits per heavy atom. The van der Waals surface area contributed by atoms with Crippen LogP contribution in [-0.2, 0) is 15.7 Å².